The van der Waals surface area contributed by atoms with Crippen LogP contribution in [0, 0.1) is 0 Å². The van der Waals surface area contributed by atoms with Crippen molar-refractivity contribution in [3.05, 3.63) is 105 Å². The fourth-order valence-corrected chi connectivity index (χ4v) is 5.87. The van der Waals surface area contributed by atoms with Crippen LogP contribution in [0.25, 0.3) is 5.70 Å². The number of carbonyl (C=O) groups is 2. The Kier molecular flexibility index (Phi) is 7.29. The molecule has 2 aliphatic heterocycles. The van der Waals surface area contributed by atoms with Crippen molar-refractivity contribution in [2.45, 2.75) is 25.9 Å². The normalized spacial score (nSPS) is 16.8. The maximum absolute atomic E-state index is 13.4. The molecule has 182 valence electrons. The molecule has 4 heterocycles. The molecule has 1 N–H and O–H groups in total. The number of esters is 1. The van der Waals surface area contributed by atoms with Gasteiger partial charge in [0.05, 0.1) is 36.5 Å². The number of fused-ring (bicyclic) bond motifs is 1. The summed E-state index contributed by atoms with van der Waals surface area (Å²) >= 11 is 3.02. The molecule has 2 aromatic heterocycles. The number of ether oxygens (including phenoxy) is 1. The fraction of sp³-hybridized carbons (Fsp3) is 0.185. The molecule has 2 aliphatic rings. The molecule has 0 aliphatic carbocycles. The van der Waals surface area contributed by atoms with E-state index in [1.165, 1.54) is 11.8 Å². The van der Waals surface area contributed by atoms with Crippen molar-refractivity contribution in [3.63, 3.8) is 0 Å². The lowest BCUT2D eigenvalue weighted by Crippen LogP contribution is -2.37. The van der Waals surface area contributed by atoms with E-state index in [1.807, 2.05) is 76.4 Å². The largest absolute Gasteiger partial charge is 0.463 e. The van der Waals surface area contributed by atoms with Gasteiger partial charge in [0.15, 0.2) is 5.17 Å². The summed E-state index contributed by atoms with van der Waals surface area (Å²) in [5, 5.41) is 7.60. The van der Waals surface area contributed by atoms with Crippen molar-refractivity contribution < 1.29 is 14.3 Å². The highest BCUT2D eigenvalue weighted by molar-refractivity contribution is 8.16. The number of aliphatic imine (C=N–C) groups is 1. The lowest BCUT2D eigenvalue weighted by atomic mass is 9.95. The quantitative estimate of drug-likeness (QED) is 0.418. The van der Waals surface area contributed by atoms with E-state index in [2.05, 4.69) is 10.3 Å². The molecule has 1 amide bonds. The first kappa shape index (κ1) is 24.0. The van der Waals surface area contributed by atoms with Gasteiger partial charge >= 0.3 is 5.97 Å². The summed E-state index contributed by atoms with van der Waals surface area (Å²) in [5.41, 5.74) is 3.48. The van der Waals surface area contributed by atoms with E-state index < -0.39 is 12.0 Å². The van der Waals surface area contributed by atoms with Crippen molar-refractivity contribution >= 4 is 45.8 Å². The lowest BCUT2D eigenvalue weighted by molar-refractivity contribution is -0.139. The molecule has 5 rings (SSSR count). The highest BCUT2D eigenvalue weighted by Crippen LogP contribution is 2.47. The number of rotatable bonds is 8. The van der Waals surface area contributed by atoms with Crippen LogP contribution in [-0.2, 0) is 20.9 Å². The first-order chi connectivity index (χ1) is 17.7. The minimum atomic E-state index is -0.448. The van der Waals surface area contributed by atoms with E-state index in [0.29, 0.717) is 17.8 Å². The van der Waals surface area contributed by atoms with E-state index in [0.717, 1.165) is 27.0 Å². The third-order valence-corrected chi connectivity index (χ3v) is 7.51. The zero-order chi connectivity index (χ0) is 24.9. The zero-order valence-corrected chi connectivity index (χ0v) is 21.2. The summed E-state index contributed by atoms with van der Waals surface area (Å²) < 4.78 is 5.51. The Morgan fingerprint density at radius 2 is 1.92 bits per heavy atom. The molecule has 7 nitrogen and oxygen atoms in total. The SMILES string of the molecule is CCOC(=O)C1=C(c2ccccc2)N=C2SC=C(CC(=O)NCc3ccccn3)N2C1c1cccs1. The van der Waals surface area contributed by atoms with Crippen LogP contribution < -0.4 is 5.32 Å². The molecule has 0 radical (unpaired) electrons. The number of amidine groups is 1. The topological polar surface area (TPSA) is 83.9 Å². The minimum Gasteiger partial charge on any atom is -0.463 e. The molecule has 0 saturated carbocycles. The van der Waals surface area contributed by atoms with Crippen molar-refractivity contribution in [3.8, 4) is 0 Å². The maximum Gasteiger partial charge on any atom is 0.338 e. The van der Waals surface area contributed by atoms with Gasteiger partial charge in [-0.1, -0.05) is 54.2 Å². The Hall–Kier alpha value is -3.69. The van der Waals surface area contributed by atoms with Gasteiger partial charge < -0.3 is 15.0 Å². The van der Waals surface area contributed by atoms with Gasteiger partial charge in [-0.2, -0.15) is 0 Å². The van der Waals surface area contributed by atoms with E-state index in [1.54, 1.807) is 24.5 Å². The Bertz CT molecular complexity index is 1340. The summed E-state index contributed by atoms with van der Waals surface area (Å²) in [4.78, 5) is 38.4. The Balaban J connectivity index is 1.49. The van der Waals surface area contributed by atoms with Crippen LogP contribution in [0.4, 0.5) is 0 Å². The second kappa shape index (κ2) is 10.9. The van der Waals surface area contributed by atoms with Crippen molar-refractivity contribution in [2.75, 3.05) is 6.61 Å². The molecule has 36 heavy (non-hydrogen) atoms. The monoisotopic (exact) mass is 516 g/mol. The van der Waals surface area contributed by atoms with E-state index in [9.17, 15) is 9.59 Å². The first-order valence-electron chi connectivity index (χ1n) is 11.6. The van der Waals surface area contributed by atoms with Crippen molar-refractivity contribution in [1.29, 1.82) is 0 Å². The van der Waals surface area contributed by atoms with Gasteiger partial charge in [-0.25, -0.2) is 9.79 Å². The molecular weight excluding hydrogens is 492 g/mol. The highest BCUT2D eigenvalue weighted by Gasteiger charge is 2.42. The van der Waals surface area contributed by atoms with Gasteiger partial charge in [-0.05, 0) is 35.9 Å². The predicted octanol–water partition coefficient (Wildman–Crippen LogP) is 5.12. The van der Waals surface area contributed by atoms with Crippen LogP contribution in [0.2, 0.25) is 0 Å². The minimum absolute atomic E-state index is 0.130. The summed E-state index contributed by atoms with van der Waals surface area (Å²) in [6.07, 6.45) is 1.85. The number of benzene rings is 1. The second-order valence-electron chi connectivity index (χ2n) is 8.03. The van der Waals surface area contributed by atoms with Crippen molar-refractivity contribution in [2.24, 2.45) is 4.99 Å². The van der Waals surface area contributed by atoms with Gasteiger partial charge in [0, 0.05) is 22.3 Å². The van der Waals surface area contributed by atoms with Crippen molar-refractivity contribution in [1.82, 2.24) is 15.2 Å². The molecule has 9 heteroatoms. The van der Waals surface area contributed by atoms with E-state index in [-0.39, 0.29) is 18.9 Å². The van der Waals surface area contributed by atoms with Crippen LogP contribution in [0.3, 0.4) is 0 Å². The van der Waals surface area contributed by atoms with E-state index >= 15 is 0 Å². The molecule has 0 spiro atoms. The molecular formula is C27H24N4O3S2. The number of pyridine rings is 1. The number of amides is 1. The van der Waals surface area contributed by atoms with Crippen LogP contribution >= 0.6 is 23.1 Å². The van der Waals surface area contributed by atoms with Gasteiger partial charge in [0.2, 0.25) is 5.91 Å². The average Bonchev–Trinajstić information content (AvgIpc) is 3.58. The van der Waals surface area contributed by atoms with Crippen LogP contribution in [-0.4, -0.2) is 33.5 Å². The number of carbonyl (C=O) groups excluding carboxylic acids is 2. The van der Waals surface area contributed by atoms with Crippen LogP contribution in [0.1, 0.15) is 35.5 Å². The number of nitrogens with zero attached hydrogens (tertiary/aromatic N) is 3. The number of hydrogen-bond acceptors (Lipinski definition) is 8. The van der Waals surface area contributed by atoms with Gasteiger partial charge in [-0.15, -0.1) is 11.3 Å². The predicted molar refractivity (Wildman–Crippen MR) is 143 cm³/mol. The van der Waals surface area contributed by atoms with Gasteiger partial charge in [0.25, 0.3) is 0 Å². The third kappa shape index (κ3) is 4.98. The smallest absolute Gasteiger partial charge is 0.338 e. The second-order valence-corrected chi connectivity index (χ2v) is 9.85. The highest BCUT2D eigenvalue weighted by atomic mass is 32.2. The van der Waals surface area contributed by atoms with Gasteiger partial charge in [-0.3, -0.25) is 9.78 Å². The fourth-order valence-electron chi connectivity index (χ4n) is 4.12. The standard InChI is InChI=1S/C27H24N4O3S2/c1-2-34-26(33)23-24(18-9-4-3-5-10-18)30-27-31(25(23)21-12-8-14-35-21)20(17-36-27)15-22(32)29-16-19-11-6-7-13-28-19/h3-14,17,25H,2,15-16H2,1H3,(H,29,32). The molecule has 0 bridgehead atoms. The maximum atomic E-state index is 13.4. The zero-order valence-electron chi connectivity index (χ0n) is 19.6. The lowest BCUT2D eigenvalue weighted by Gasteiger charge is -2.36. The number of aromatic nitrogens is 1. The van der Waals surface area contributed by atoms with Gasteiger partial charge in [0.1, 0.15) is 6.04 Å². The summed E-state index contributed by atoms with van der Waals surface area (Å²) in [5.74, 6) is -0.539. The number of thiophene rings is 1. The molecule has 0 saturated heterocycles. The molecule has 1 atom stereocenters. The molecule has 1 aromatic carbocycles. The summed E-state index contributed by atoms with van der Waals surface area (Å²) in [6, 6.07) is 18.8. The first-order valence-corrected chi connectivity index (χ1v) is 13.3. The Morgan fingerprint density at radius 1 is 1.08 bits per heavy atom. The molecule has 1 unspecified atom stereocenters. The number of thioether (sulfide) groups is 1. The third-order valence-electron chi connectivity index (χ3n) is 5.70. The molecule has 0 fully saturated rings. The summed E-state index contributed by atoms with van der Waals surface area (Å²) in [6.45, 7) is 2.40. The molecule has 3 aromatic rings. The Labute approximate surface area is 217 Å². The van der Waals surface area contributed by atoms with Crippen LogP contribution in [0.5, 0.6) is 0 Å². The summed E-state index contributed by atoms with van der Waals surface area (Å²) in [7, 11) is 0. The number of hydrogen-bond donors (Lipinski definition) is 1. The Morgan fingerprint density at radius 3 is 2.64 bits per heavy atom. The van der Waals surface area contributed by atoms with E-state index in [4.69, 9.17) is 9.73 Å². The number of nitrogens with one attached hydrogen (secondary N) is 1. The average molecular weight is 517 g/mol. The van der Waals surface area contributed by atoms with Crippen LogP contribution in [0.15, 0.2) is 93.9 Å².